The van der Waals surface area contributed by atoms with Crippen molar-refractivity contribution in [2.24, 2.45) is 0 Å². The molecule has 8 aromatic carbocycles. The number of nitrogens with zero attached hydrogens (tertiary/aromatic N) is 3. The first-order valence-corrected chi connectivity index (χ1v) is 16.4. The van der Waals surface area contributed by atoms with E-state index in [9.17, 15) is 0 Å². The fourth-order valence-electron chi connectivity index (χ4n) is 7.03. The van der Waals surface area contributed by atoms with E-state index in [0.29, 0.717) is 17.5 Å². The van der Waals surface area contributed by atoms with Crippen molar-refractivity contribution < 1.29 is 4.42 Å². The van der Waals surface area contributed by atoms with Crippen molar-refractivity contribution in [3.63, 3.8) is 0 Å². The molecule has 0 atom stereocenters. The van der Waals surface area contributed by atoms with Gasteiger partial charge in [-0.15, -0.1) is 0 Å². The van der Waals surface area contributed by atoms with Gasteiger partial charge < -0.3 is 4.42 Å². The van der Waals surface area contributed by atoms with Crippen molar-refractivity contribution in [2.75, 3.05) is 0 Å². The van der Waals surface area contributed by atoms with Crippen molar-refractivity contribution in [1.82, 2.24) is 15.0 Å². The summed E-state index contributed by atoms with van der Waals surface area (Å²) in [5.74, 6) is 1.85. The van der Waals surface area contributed by atoms with E-state index in [1.807, 2.05) is 12.1 Å². The molecule has 0 unspecified atom stereocenters. The lowest BCUT2D eigenvalue weighted by atomic mass is 9.98. The third kappa shape index (κ3) is 4.65. The van der Waals surface area contributed by atoms with E-state index in [1.165, 1.54) is 21.5 Å². The van der Waals surface area contributed by atoms with Crippen molar-refractivity contribution in [1.29, 1.82) is 0 Å². The minimum atomic E-state index is 0.603. The number of hydrogen-bond acceptors (Lipinski definition) is 4. The summed E-state index contributed by atoms with van der Waals surface area (Å²) in [4.78, 5) is 15.4. The molecule has 49 heavy (non-hydrogen) atoms. The lowest BCUT2D eigenvalue weighted by molar-refractivity contribution is 0.670. The van der Waals surface area contributed by atoms with Crippen LogP contribution in [0.2, 0.25) is 0 Å². The Hall–Kier alpha value is -6.65. The van der Waals surface area contributed by atoms with Crippen LogP contribution < -0.4 is 0 Å². The number of aromatic nitrogens is 3. The highest BCUT2D eigenvalue weighted by molar-refractivity contribution is 6.15. The van der Waals surface area contributed by atoms with Gasteiger partial charge in [0.1, 0.15) is 11.2 Å². The van der Waals surface area contributed by atoms with Crippen LogP contribution in [0.4, 0.5) is 0 Å². The molecule has 0 spiro atoms. The van der Waals surface area contributed by atoms with E-state index in [0.717, 1.165) is 60.5 Å². The van der Waals surface area contributed by atoms with Crippen LogP contribution in [0.3, 0.4) is 0 Å². The van der Waals surface area contributed by atoms with E-state index >= 15 is 0 Å². The highest BCUT2D eigenvalue weighted by Gasteiger charge is 2.20. The molecule has 0 amide bonds. The Morgan fingerprint density at radius 2 is 0.816 bits per heavy atom. The first-order chi connectivity index (χ1) is 24.2. The zero-order valence-corrected chi connectivity index (χ0v) is 26.3. The smallest absolute Gasteiger partial charge is 0.164 e. The fraction of sp³-hybridized carbons (Fsp3) is 0. The van der Waals surface area contributed by atoms with E-state index in [1.54, 1.807) is 0 Å². The van der Waals surface area contributed by atoms with Crippen molar-refractivity contribution >= 4 is 54.3 Å². The summed E-state index contributed by atoms with van der Waals surface area (Å²) < 4.78 is 6.67. The highest BCUT2D eigenvalue weighted by atomic mass is 16.3. The van der Waals surface area contributed by atoms with Crippen LogP contribution in [0, 0.1) is 0 Å². The molecule has 0 saturated heterocycles. The summed E-state index contributed by atoms with van der Waals surface area (Å²) in [6, 6.07) is 57.0. The molecule has 0 N–H and O–H groups in total. The van der Waals surface area contributed by atoms with Crippen molar-refractivity contribution in [3.05, 3.63) is 164 Å². The topological polar surface area (TPSA) is 51.8 Å². The summed E-state index contributed by atoms with van der Waals surface area (Å²) in [5.41, 5.74) is 6.58. The molecule has 10 aromatic rings. The van der Waals surface area contributed by atoms with Crippen LogP contribution in [0.15, 0.2) is 168 Å². The maximum absolute atomic E-state index is 6.67. The van der Waals surface area contributed by atoms with Gasteiger partial charge in [0.2, 0.25) is 0 Å². The Morgan fingerprint density at radius 1 is 0.347 bits per heavy atom. The zero-order valence-electron chi connectivity index (χ0n) is 26.3. The second-order valence-electron chi connectivity index (χ2n) is 12.5. The van der Waals surface area contributed by atoms with E-state index in [-0.39, 0.29) is 0 Å². The predicted octanol–water partition coefficient (Wildman–Crippen LogP) is 11.9. The largest absolute Gasteiger partial charge is 0.455 e. The van der Waals surface area contributed by atoms with Gasteiger partial charge in [0.05, 0.1) is 0 Å². The van der Waals surface area contributed by atoms with E-state index in [4.69, 9.17) is 19.4 Å². The van der Waals surface area contributed by atoms with Gasteiger partial charge in [-0.05, 0) is 62.1 Å². The van der Waals surface area contributed by atoms with Gasteiger partial charge in [-0.2, -0.15) is 0 Å². The lowest BCUT2D eigenvalue weighted by Gasteiger charge is -2.10. The quantitative estimate of drug-likeness (QED) is 0.195. The average molecular weight is 626 g/mol. The van der Waals surface area contributed by atoms with E-state index in [2.05, 4.69) is 152 Å². The molecule has 2 heterocycles. The number of hydrogen-bond donors (Lipinski definition) is 0. The molecule has 0 aliphatic carbocycles. The molecule has 0 fully saturated rings. The second-order valence-corrected chi connectivity index (χ2v) is 12.5. The molecular formula is C45H27N3O. The van der Waals surface area contributed by atoms with Gasteiger partial charge in [0.25, 0.3) is 0 Å². The molecule has 0 radical (unpaired) electrons. The predicted molar refractivity (Wildman–Crippen MR) is 201 cm³/mol. The Bertz CT molecular complexity index is 2810. The average Bonchev–Trinajstić information content (AvgIpc) is 3.56. The second kappa shape index (κ2) is 11.0. The third-order valence-corrected chi connectivity index (χ3v) is 9.47. The summed E-state index contributed by atoms with van der Waals surface area (Å²) in [5, 5.41) is 9.04. The normalized spacial score (nSPS) is 11.7. The Labute approximate surface area is 282 Å². The molecule has 0 aliphatic rings. The first-order valence-electron chi connectivity index (χ1n) is 16.4. The number of furan rings is 1. The van der Waals surface area contributed by atoms with Gasteiger partial charge in [0.15, 0.2) is 17.5 Å². The fourth-order valence-corrected chi connectivity index (χ4v) is 7.03. The number of rotatable bonds is 4. The molecule has 4 nitrogen and oxygen atoms in total. The minimum absolute atomic E-state index is 0.603. The van der Waals surface area contributed by atoms with Crippen molar-refractivity contribution in [2.45, 2.75) is 0 Å². The SMILES string of the molecule is c1ccc2cc(-c3nc(-c4ccc5ccccc5c4)nc(-c4cccc5oc6c(-c7ccc8ccccc8c7)cccc6c45)n3)ccc2c1. The minimum Gasteiger partial charge on any atom is -0.455 e. The van der Waals surface area contributed by atoms with E-state index < -0.39 is 0 Å². The van der Waals surface area contributed by atoms with Crippen molar-refractivity contribution in [3.8, 4) is 45.3 Å². The number of fused-ring (bicyclic) bond motifs is 6. The summed E-state index contributed by atoms with van der Waals surface area (Å²) in [7, 11) is 0. The molecule has 4 heteroatoms. The summed E-state index contributed by atoms with van der Waals surface area (Å²) >= 11 is 0. The van der Waals surface area contributed by atoms with Crippen LogP contribution in [-0.4, -0.2) is 15.0 Å². The van der Waals surface area contributed by atoms with Gasteiger partial charge in [0, 0.05) is 33.0 Å². The van der Waals surface area contributed by atoms with Crippen LogP contribution in [0.5, 0.6) is 0 Å². The molecule has 0 saturated carbocycles. The van der Waals surface area contributed by atoms with Gasteiger partial charge >= 0.3 is 0 Å². The number of para-hydroxylation sites is 1. The van der Waals surface area contributed by atoms with Gasteiger partial charge in [-0.25, -0.2) is 15.0 Å². The molecule has 228 valence electrons. The Balaban J connectivity index is 1.20. The molecule has 0 aliphatic heterocycles. The van der Waals surface area contributed by atoms with Gasteiger partial charge in [-0.1, -0.05) is 140 Å². The standard InChI is InChI=1S/C45H27N3O/c1-4-12-31-25-34(22-19-28(31)9-1)37-15-7-16-38-41-39(17-8-18-40(41)49-42(37)38)45-47-43(35-23-20-29-10-2-5-13-32(29)26-35)46-44(48-45)36-24-21-30-11-3-6-14-33(30)27-36/h1-27H. The maximum Gasteiger partial charge on any atom is 0.164 e. The number of benzene rings is 8. The van der Waals surface area contributed by atoms with Crippen LogP contribution >= 0.6 is 0 Å². The highest BCUT2D eigenvalue weighted by Crippen LogP contribution is 2.41. The van der Waals surface area contributed by atoms with Gasteiger partial charge in [-0.3, -0.25) is 0 Å². The summed E-state index contributed by atoms with van der Waals surface area (Å²) in [6.45, 7) is 0. The van der Waals surface area contributed by atoms with Crippen LogP contribution in [0.1, 0.15) is 0 Å². The molecule has 10 rings (SSSR count). The van der Waals surface area contributed by atoms with Crippen LogP contribution in [0.25, 0.3) is 99.5 Å². The Morgan fingerprint density at radius 3 is 1.41 bits per heavy atom. The summed E-state index contributed by atoms with van der Waals surface area (Å²) in [6.07, 6.45) is 0. The maximum atomic E-state index is 6.67. The Kier molecular flexibility index (Phi) is 6.15. The molecule has 2 aromatic heterocycles. The lowest BCUT2D eigenvalue weighted by Crippen LogP contribution is -2.00. The molecular weight excluding hydrogens is 599 g/mol. The monoisotopic (exact) mass is 625 g/mol. The third-order valence-electron chi connectivity index (χ3n) is 9.47. The first kappa shape index (κ1) is 27.5. The zero-order chi connectivity index (χ0) is 32.3. The molecule has 0 bridgehead atoms. The van der Waals surface area contributed by atoms with Crippen LogP contribution in [-0.2, 0) is 0 Å².